The largest absolute Gasteiger partial charge is 0.523 e. The number of urea groups is 1. The number of ether oxygens (including phenoxy) is 1. The van der Waals surface area contributed by atoms with Gasteiger partial charge in [0.15, 0.2) is 5.13 Å². The summed E-state index contributed by atoms with van der Waals surface area (Å²) in [5, 5.41) is 14.4. The predicted molar refractivity (Wildman–Crippen MR) is 169 cm³/mol. The lowest BCUT2D eigenvalue weighted by molar-refractivity contribution is -0.338. The summed E-state index contributed by atoms with van der Waals surface area (Å²) in [6, 6.07) is 14.1. The number of aliphatic carboxylic acids is 1. The number of benzene rings is 2. The number of halogens is 3. The average Bonchev–Trinajstić information content (AvgIpc) is 3.44. The molecule has 2 aliphatic rings. The fourth-order valence-corrected chi connectivity index (χ4v) is 6.75. The summed E-state index contributed by atoms with van der Waals surface area (Å²) >= 11 is 1.17. The van der Waals surface area contributed by atoms with Crippen molar-refractivity contribution in [3.63, 3.8) is 0 Å². The van der Waals surface area contributed by atoms with Crippen molar-refractivity contribution in [3.8, 4) is 0 Å². The Morgan fingerprint density at radius 1 is 1.04 bits per heavy atom. The molecule has 2 unspecified atom stereocenters. The monoisotopic (exact) mass is 656 g/mol. The lowest BCUT2D eigenvalue weighted by Gasteiger charge is -2.25. The molecule has 1 aromatic heterocycles. The number of nitrogens with one attached hydrogen (secondary N) is 2. The van der Waals surface area contributed by atoms with E-state index in [0.29, 0.717) is 27.7 Å². The Morgan fingerprint density at radius 3 is 2.39 bits per heavy atom. The Labute approximate surface area is 268 Å². The second-order valence-corrected chi connectivity index (χ2v) is 12.5. The first-order valence-electron chi connectivity index (χ1n) is 15.2. The molecule has 0 saturated heterocycles. The second kappa shape index (κ2) is 14.5. The van der Waals surface area contributed by atoms with E-state index in [-0.39, 0.29) is 24.6 Å². The number of amides is 3. The molecular weight excluding hydrogens is 621 g/mol. The van der Waals surface area contributed by atoms with Gasteiger partial charge in [0.1, 0.15) is 0 Å². The van der Waals surface area contributed by atoms with Gasteiger partial charge >= 0.3 is 18.4 Å². The van der Waals surface area contributed by atoms with Crippen LogP contribution in [0, 0.1) is 0 Å². The molecule has 9 nitrogen and oxygen atoms in total. The lowest BCUT2D eigenvalue weighted by atomic mass is 9.84. The first-order valence-corrected chi connectivity index (χ1v) is 16.0. The number of carbonyl (C=O) groups is 3. The first-order chi connectivity index (χ1) is 22.0. The van der Waals surface area contributed by atoms with Gasteiger partial charge in [-0.1, -0.05) is 67.9 Å². The molecule has 2 aliphatic carbocycles. The molecule has 0 radical (unpaired) electrons. The van der Waals surface area contributed by atoms with Crippen LogP contribution in [0.4, 0.5) is 28.8 Å². The van der Waals surface area contributed by atoms with Gasteiger partial charge in [0.05, 0.1) is 29.6 Å². The van der Waals surface area contributed by atoms with Crippen molar-refractivity contribution in [3.05, 3.63) is 81.9 Å². The van der Waals surface area contributed by atoms with E-state index in [1.54, 1.807) is 36.1 Å². The molecule has 46 heavy (non-hydrogen) atoms. The van der Waals surface area contributed by atoms with Crippen LogP contribution in [0.2, 0.25) is 0 Å². The summed E-state index contributed by atoms with van der Waals surface area (Å²) in [6.45, 7) is 1.75. The van der Waals surface area contributed by atoms with E-state index in [2.05, 4.69) is 20.4 Å². The number of carboxylic acids is 1. The summed E-state index contributed by atoms with van der Waals surface area (Å²) in [6.07, 6.45) is 2.59. The van der Waals surface area contributed by atoms with Crippen molar-refractivity contribution in [2.24, 2.45) is 0 Å². The van der Waals surface area contributed by atoms with Crippen molar-refractivity contribution in [1.82, 2.24) is 10.3 Å². The minimum absolute atomic E-state index is 0.00544. The van der Waals surface area contributed by atoms with Crippen LogP contribution in [0.3, 0.4) is 0 Å². The fourth-order valence-electron chi connectivity index (χ4n) is 5.77. The Balaban J connectivity index is 1.34. The molecule has 3 aromatic rings. The molecule has 1 fully saturated rings. The smallest absolute Gasteiger partial charge is 0.481 e. The molecule has 5 rings (SSSR count). The Hall–Kier alpha value is -4.23. The molecule has 2 atom stereocenters. The maximum absolute atomic E-state index is 13.8. The van der Waals surface area contributed by atoms with Crippen LogP contribution in [0.25, 0.3) is 6.08 Å². The summed E-state index contributed by atoms with van der Waals surface area (Å²) in [4.78, 5) is 43.6. The summed E-state index contributed by atoms with van der Waals surface area (Å²) in [5.74, 6) is -1.60. The number of hydrogen-bond acceptors (Lipinski definition) is 6. The van der Waals surface area contributed by atoms with Crippen molar-refractivity contribution < 1.29 is 37.4 Å². The zero-order chi connectivity index (χ0) is 32.8. The number of anilines is 2. The average molecular weight is 657 g/mol. The first kappa shape index (κ1) is 33.1. The molecule has 244 valence electrons. The molecule has 3 amide bonds. The third-order valence-corrected chi connectivity index (χ3v) is 9.19. The zero-order valence-electron chi connectivity index (χ0n) is 25.2. The summed E-state index contributed by atoms with van der Waals surface area (Å²) in [5.41, 5.74) is 3.37. The molecule has 1 saturated carbocycles. The van der Waals surface area contributed by atoms with Crippen LogP contribution >= 0.6 is 11.3 Å². The molecule has 0 aliphatic heterocycles. The maximum atomic E-state index is 13.8. The lowest BCUT2D eigenvalue weighted by Crippen LogP contribution is -2.34. The van der Waals surface area contributed by atoms with E-state index in [9.17, 15) is 27.6 Å². The fraction of sp³-hybridized carbons (Fsp3) is 0.394. The van der Waals surface area contributed by atoms with Crippen LogP contribution in [-0.4, -0.2) is 47.0 Å². The van der Waals surface area contributed by atoms with Crippen molar-refractivity contribution in [1.29, 1.82) is 0 Å². The van der Waals surface area contributed by atoms with Crippen molar-refractivity contribution in [2.45, 2.75) is 76.3 Å². The van der Waals surface area contributed by atoms with Gasteiger partial charge in [0.25, 0.3) is 5.91 Å². The van der Waals surface area contributed by atoms with E-state index in [4.69, 9.17) is 5.11 Å². The van der Waals surface area contributed by atoms with Gasteiger partial charge in [-0.2, -0.15) is 0 Å². The number of rotatable bonds is 10. The molecule has 3 N–H and O–H groups in total. The predicted octanol–water partition coefficient (Wildman–Crippen LogP) is 7.67. The Morgan fingerprint density at radius 2 is 1.74 bits per heavy atom. The highest BCUT2D eigenvalue weighted by atomic mass is 32.1. The molecule has 2 aromatic carbocycles. The van der Waals surface area contributed by atoms with Crippen LogP contribution in [0.5, 0.6) is 0 Å². The number of carbonyl (C=O) groups excluding carboxylic acids is 2. The van der Waals surface area contributed by atoms with Gasteiger partial charge in [-0.05, 0) is 60.2 Å². The highest BCUT2D eigenvalue weighted by Crippen LogP contribution is 2.39. The van der Waals surface area contributed by atoms with Crippen LogP contribution in [0.15, 0.2) is 54.6 Å². The summed E-state index contributed by atoms with van der Waals surface area (Å²) < 4.78 is 42.9. The quantitative estimate of drug-likeness (QED) is 0.206. The summed E-state index contributed by atoms with van der Waals surface area (Å²) in [7, 11) is 0. The number of hydrogen-bond donors (Lipinski definition) is 3. The molecule has 0 spiro atoms. The van der Waals surface area contributed by atoms with Gasteiger partial charge in [0.2, 0.25) is 0 Å². The van der Waals surface area contributed by atoms with E-state index < -0.39 is 36.3 Å². The minimum atomic E-state index is -4.79. The van der Waals surface area contributed by atoms with E-state index in [1.165, 1.54) is 48.3 Å². The number of thiazole rings is 1. The SMILES string of the molecule is CC1c2nc(NC(=O)N(Cc3ccc(C(=O)NCCC(=O)O)cc3)c3ccc(C4CCCCC4)cc3)sc2C=CC1OC(F)(F)F. The number of alkyl halides is 3. The number of nitrogens with zero attached hydrogens (tertiary/aromatic N) is 2. The number of fused-ring (bicyclic) bond motifs is 1. The minimum Gasteiger partial charge on any atom is -0.481 e. The second-order valence-electron chi connectivity index (χ2n) is 11.5. The van der Waals surface area contributed by atoms with Gasteiger partial charge in [0, 0.05) is 23.7 Å². The molecular formula is C33H35F3N4O5S. The van der Waals surface area contributed by atoms with Gasteiger partial charge in [-0.15, -0.1) is 13.2 Å². The number of carboxylic acid groups (broad SMARTS) is 1. The zero-order valence-corrected chi connectivity index (χ0v) is 26.0. The topological polar surface area (TPSA) is 121 Å². The molecule has 13 heteroatoms. The van der Waals surface area contributed by atoms with Crippen LogP contribution in [-0.2, 0) is 16.1 Å². The highest BCUT2D eigenvalue weighted by Gasteiger charge is 2.38. The molecule has 0 bridgehead atoms. The van der Waals surface area contributed by atoms with Gasteiger partial charge in [-0.25, -0.2) is 9.78 Å². The van der Waals surface area contributed by atoms with Crippen molar-refractivity contribution >= 4 is 46.1 Å². The van der Waals surface area contributed by atoms with Gasteiger partial charge in [-0.3, -0.25) is 24.5 Å². The van der Waals surface area contributed by atoms with Gasteiger partial charge < -0.3 is 10.4 Å². The highest BCUT2D eigenvalue weighted by molar-refractivity contribution is 7.16. The van der Waals surface area contributed by atoms with E-state index >= 15 is 0 Å². The normalized spacial score (nSPS) is 18.1. The van der Waals surface area contributed by atoms with Crippen LogP contribution in [0.1, 0.15) is 89.3 Å². The van der Waals surface area contributed by atoms with E-state index in [1.807, 2.05) is 24.3 Å². The van der Waals surface area contributed by atoms with Crippen molar-refractivity contribution in [2.75, 3.05) is 16.8 Å². The molecule has 1 heterocycles. The standard InChI is InChI=1S/C33H35F3N4O5S/c1-20-26(45-33(34,35)36)15-16-27-29(20)38-31(46-27)39-32(44)40(25-13-11-23(12-14-25)22-5-3-2-4-6-22)19-21-7-9-24(10-8-21)30(43)37-18-17-28(41)42/h7-16,20,22,26H,2-6,17-19H2,1H3,(H,37,43)(H,41,42)(H,38,39,44). The third kappa shape index (κ3) is 8.52. The Bertz CT molecular complexity index is 1570. The third-order valence-electron chi connectivity index (χ3n) is 8.23. The van der Waals surface area contributed by atoms with E-state index in [0.717, 1.165) is 18.4 Å². The van der Waals surface area contributed by atoms with Crippen LogP contribution < -0.4 is 15.5 Å². The Kier molecular flexibility index (Phi) is 10.4. The number of aromatic nitrogens is 1. The maximum Gasteiger partial charge on any atom is 0.523 e.